The van der Waals surface area contributed by atoms with Gasteiger partial charge in [-0.25, -0.2) is 0 Å². The van der Waals surface area contributed by atoms with Crippen LogP contribution in [0.15, 0.2) is 22.7 Å². The molecule has 4 nitrogen and oxygen atoms in total. The zero-order valence-electron chi connectivity index (χ0n) is 11.6. The van der Waals surface area contributed by atoms with E-state index in [1.165, 1.54) is 0 Å². The molecule has 0 saturated carbocycles. The molecule has 0 aliphatic rings. The highest BCUT2D eigenvalue weighted by atomic mass is 79.9. The Balaban J connectivity index is 2.21. The minimum Gasteiger partial charge on any atom is -0.481 e. The van der Waals surface area contributed by atoms with Crippen molar-refractivity contribution in [3.63, 3.8) is 0 Å². The molecule has 1 aromatic rings. The standard InChI is InChI=1S/C15H20BrNO3/c1-11-8-12(10-13(16)9-11)15(20)17-7-5-3-2-4-6-14(18)19/h8-10H,2-7H2,1H3,(H,17,20)(H,18,19). The third-order valence-electron chi connectivity index (χ3n) is 2.91. The van der Waals surface area contributed by atoms with Gasteiger partial charge in [-0.1, -0.05) is 28.8 Å². The molecule has 0 fully saturated rings. The van der Waals surface area contributed by atoms with Gasteiger partial charge in [0, 0.05) is 23.0 Å². The fourth-order valence-corrected chi connectivity index (χ4v) is 2.53. The number of hydrogen-bond acceptors (Lipinski definition) is 2. The number of carboxylic acids is 1. The molecule has 0 unspecified atom stereocenters. The van der Waals surface area contributed by atoms with E-state index in [-0.39, 0.29) is 12.3 Å². The molecule has 1 rings (SSSR count). The van der Waals surface area contributed by atoms with E-state index in [1.807, 2.05) is 19.1 Å². The first-order valence-electron chi connectivity index (χ1n) is 6.76. The number of halogens is 1. The summed E-state index contributed by atoms with van der Waals surface area (Å²) in [6.45, 7) is 2.57. The SMILES string of the molecule is Cc1cc(Br)cc(C(=O)NCCCCCCC(=O)O)c1. The molecule has 5 heteroatoms. The number of carboxylic acid groups (broad SMARTS) is 1. The maximum Gasteiger partial charge on any atom is 0.303 e. The second-order valence-electron chi connectivity index (χ2n) is 4.83. The van der Waals surface area contributed by atoms with Gasteiger partial charge in [-0.05, 0) is 43.5 Å². The lowest BCUT2D eigenvalue weighted by molar-refractivity contribution is -0.137. The first kappa shape index (κ1) is 16.7. The van der Waals surface area contributed by atoms with Gasteiger partial charge in [-0.3, -0.25) is 9.59 Å². The summed E-state index contributed by atoms with van der Waals surface area (Å²) >= 11 is 3.38. The van der Waals surface area contributed by atoms with Crippen LogP contribution in [0.2, 0.25) is 0 Å². The lowest BCUT2D eigenvalue weighted by atomic mass is 10.1. The van der Waals surface area contributed by atoms with Gasteiger partial charge in [0.05, 0.1) is 0 Å². The Bertz CT molecular complexity index is 454. The summed E-state index contributed by atoms with van der Waals surface area (Å²) in [5.41, 5.74) is 1.70. The normalized spacial score (nSPS) is 10.3. The van der Waals surface area contributed by atoms with Gasteiger partial charge < -0.3 is 10.4 Å². The molecule has 2 N–H and O–H groups in total. The number of carbonyl (C=O) groups is 2. The van der Waals surface area contributed by atoms with E-state index in [2.05, 4.69) is 21.2 Å². The van der Waals surface area contributed by atoms with Crippen molar-refractivity contribution in [2.24, 2.45) is 0 Å². The average Bonchev–Trinajstić information content (AvgIpc) is 2.35. The van der Waals surface area contributed by atoms with Crippen LogP contribution in [0.3, 0.4) is 0 Å². The van der Waals surface area contributed by atoms with Crippen molar-refractivity contribution < 1.29 is 14.7 Å². The second kappa shape index (κ2) is 8.74. The third-order valence-corrected chi connectivity index (χ3v) is 3.37. The van der Waals surface area contributed by atoms with Crippen molar-refractivity contribution in [2.75, 3.05) is 6.54 Å². The zero-order valence-corrected chi connectivity index (χ0v) is 13.2. The number of unbranched alkanes of at least 4 members (excludes halogenated alkanes) is 3. The summed E-state index contributed by atoms with van der Waals surface area (Å²) in [5.74, 6) is -0.816. The molecular weight excluding hydrogens is 322 g/mol. The van der Waals surface area contributed by atoms with Gasteiger partial charge in [-0.2, -0.15) is 0 Å². The minimum atomic E-state index is -0.747. The molecule has 0 spiro atoms. The molecule has 0 atom stereocenters. The molecule has 1 amide bonds. The van der Waals surface area contributed by atoms with Crippen LogP contribution in [0, 0.1) is 6.92 Å². The predicted octanol–water partition coefficient (Wildman–Crippen LogP) is 3.52. The highest BCUT2D eigenvalue weighted by Gasteiger charge is 2.06. The van der Waals surface area contributed by atoms with E-state index in [9.17, 15) is 9.59 Å². The van der Waals surface area contributed by atoms with Gasteiger partial charge in [-0.15, -0.1) is 0 Å². The predicted molar refractivity (Wildman–Crippen MR) is 81.9 cm³/mol. The number of aliphatic carboxylic acids is 1. The molecule has 0 aromatic heterocycles. The molecule has 1 aromatic carbocycles. The van der Waals surface area contributed by atoms with Gasteiger partial charge in [0.25, 0.3) is 5.91 Å². The van der Waals surface area contributed by atoms with Gasteiger partial charge in [0.1, 0.15) is 0 Å². The van der Waals surface area contributed by atoms with E-state index in [0.29, 0.717) is 18.5 Å². The number of aryl methyl sites for hydroxylation is 1. The molecule has 0 saturated heterocycles. The van der Waals surface area contributed by atoms with Gasteiger partial charge in [0.2, 0.25) is 0 Å². The minimum absolute atomic E-state index is 0.0695. The molecule has 20 heavy (non-hydrogen) atoms. The number of benzene rings is 1. The lowest BCUT2D eigenvalue weighted by Crippen LogP contribution is -2.24. The third kappa shape index (κ3) is 6.70. The second-order valence-corrected chi connectivity index (χ2v) is 5.75. The summed E-state index contributed by atoms with van der Waals surface area (Å²) in [4.78, 5) is 22.2. The van der Waals surface area contributed by atoms with Crippen molar-refractivity contribution in [1.29, 1.82) is 0 Å². The largest absolute Gasteiger partial charge is 0.481 e. The average molecular weight is 342 g/mol. The Morgan fingerprint density at radius 3 is 2.50 bits per heavy atom. The Morgan fingerprint density at radius 1 is 1.15 bits per heavy atom. The molecule has 110 valence electrons. The van der Waals surface area contributed by atoms with Crippen molar-refractivity contribution in [2.45, 2.75) is 39.0 Å². The van der Waals surface area contributed by atoms with Crippen LogP contribution in [0.1, 0.15) is 48.0 Å². The Hall–Kier alpha value is -1.36. The Labute approximate surface area is 127 Å². The monoisotopic (exact) mass is 341 g/mol. The molecule has 0 aliphatic heterocycles. The maximum atomic E-state index is 11.9. The molecule has 0 bridgehead atoms. The van der Waals surface area contributed by atoms with E-state index in [0.717, 1.165) is 29.3 Å². The van der Waals surface area contributed by atoms with Crippen molar-refractivity contribution in [3.8, 4) is 0 Å². The Morgan fingerprint density at radius 2 is 1.85 bits per heavy atom. The summed E-state index contributed by atoms with van der Waals surface area (Å²) < 4.78 is 0.899. The van der Waals surface area contributed by atoms with E-state index < -0.39 is 5.97 Å². The fraction of sp³-hybridized carbons (Fsp3) is 0.467. The smallest absolute Gasteiger partial charge is 0.303 e. The number of nitrogens with one attached hydrogen (secondary N) is 1. The van der Waals surface area contributed by atoms with Crippen LogP contribution in [-0.4, -0.2) is 23.5 Å². The maximum absolute atomic E-state index is 11.9. The number of rotatable bonds is 8. The van der Waals surface area contributed by atoms with Crippen LogP contribution in [-0.2, 0) is 4.79 Å². The summed E-state index contributed by atoms with van der Waals surface area (Å²) in [5, 5.41) is 11.4. The molecule has 0 aliphatic carbocycles. The van der Waals surface area contributed by atoms with Crippen LogP contribution >= 0.6 is 15.9 Å². The van der Waals surface area contributed by atoms with Crippen LogP contribution in [0.4, 0.5) is 0 Å². The molecular formula is C15H20BrNO3. The lowest BCUT2D eigenvalue weighted by Gasteiger charge is -2.06. The quantitative estimate of drug-likeness (QED) is 0.711. The zero-order chi connectivity index (χ0) is 15.0. The van der Waals surface area contributed by atoms with Crippen LogP contribution < -0.4 is 5.32 Å². The molecule has 0 radical (unpaired) electrons. The van der Waals surface area contributed by atoms with Crippen molar-refractivity contribution in [3.05, 3.63) is 33.8 Å². The number of hydrogen-bond donors (Lipinski definition) is 2. The number of amides is 1. The van der Waals surface area contributed by atoms with Crippen LogP contribution in [0.5, 0.6) is 0 Å². The molecule has 0 heterocycles. The van der Waals surface area contributed by atoms with Crippen molar-refractivity contribution in [1.82, 2.24) is 5.32 Å². The topological polar surface area (TPSA) is 66.4 Å². The van der Waals surface area contributed by atoms with Gasteiger partial charge >= 0.3 is 5.97 Å². The van der Waals surface area contributed by atoms with E-state index >= 15 is 0 Å². The highest BCUT2D eigenvalue weighted by Crippen LogP contribution is 2.15. The fourth-order valence-electron chi connectivity index (χ4n) is 1.93. The highest BCUT2D eigenvalue weighted by molar-refractivity contribution is 9.10. The van der Waals surface area contributed by atoms with E-state index in [1.54, 1.807) is 6.07 Å². The van der Waals surface area contributed by atoms with Crippen LogP contribution in [0.25, 0.3) is 0 Å². The van der Waals surface area contributed by atoms with Gasteiger partial charge in [0.15, 0.2) is 0 Å². The summed E-state index contributed by atoms with van der Waals surface area (Å²) in [7, 11) is 0. The Kier molecular flexibility index (Phi) is 7.30. The first-order chi connectivity index (χ1) is 9.49. The number of carbonyl (C=O) groups excluding carboxylic acids is 1. The first-order valence-corrected chi connectivity index (χ1v) is 7.55. The van der Waals surface area contributed by atoms with E-state index in [4.69, 9.17) is 5.11 Å². The summed E-state index contributed by atoms with van der Waals surface area (Å²) in [6.07, 6.45) is 3.62. The summed E-state index contributed by atoms with van der Waals surface area (Å²) in [6, 6.07) is 5.61. The van der Waals surface area contributed by atoms with Crippen molar-refractivity contribution >= 4 is 27.8 Å².